The highest BCUT2D eigenvalue weighted by atomic mass is 35.5. The van der Waals surface area contributed by atoms with Crippen molar-refractivity contribution in [1.82, 2.24) is 9.78 Å². The van der Waals surface area contributed by atoms with Crippen LogP contribution in [0.4, 0.5) is 11.4 Å². The Morgan fingerprint density at radius 3 is 2.57 bits per heavy atom. The number of aromatic nitrogens is 2. The number of thiophene rings is 1. The van der Waals surface area contributed by atoms with Gasteiger partial charge in [-0.15, -0.1) is 11.3 Å². The van der Waals surface area contributed by atoms with Crippen LogP contribution < -0.4 is 10.6 Å². The van der Waals surface area contributed by atoms with Crippen LogP contribution in [-0.2, 0) is 6.54 Å². The van der Waals surface area contributed by atoms with E-state index < -0.39 is 0 Å². The smallest absolute Gasteiger partial charge is 0.265 e. The number of carbonyl (C=O) groups is 2. The molecule has 0 radical (unpaired) electrons. The molecule has 0 aliphatic rings. The molecule has 2 aromatic heterocycles. The molecule has 2 heterocycles. The van der Waals surface area contributed by atoms with Crippen LogP contribution in [0, 0.1) is 0 Å². The summed E-state index contributed by atoms with van der Waals surface area (Å²) in [6.45, 7) is 0.534. The molecule has 8 heteroatoms. The van der Waals surface area contributed by atoms with Gasteiger partial charge in [0.15, 0.2) is 0 Å². The maximum Gasteiger partial charge on any atom is 0.265 e. The largest absolute Gasteiger partial charge is 0.322 e. The second-order valence-electron chi connectivity index (χ2n) is 6.44. The molecule has 0 unspecified atom stereocenters. The molecule has 30 heavy (non-hydrogen) atoms. The van der Waals surface area contributed by atoms with Gasteiger partial charge in [0.1, 0.15) is 0 Å². The predicted octanol–water partition coefficient (Wildman–Crippen LogP) is 5.15. The monoisotopic (exact) mass is 436 g/mol. The predicted molar refractivity (Wildman–Crippen MR) is 119 cm³/mol. The summed E-state index contributed by atoms with van der Waals surface area (Å²) in [5.74, 6) is -0.569. The van der Waals surface area contributed by atoms with Gasteiger partial charge in [-0.1, -0.05) is 35.9 Å². The molecule has 6 nitrogen and oxygen atoms in total. The molecule has 2 amide bonds. The summed E-state index contributed by atoms with van der Waals surface area (Å²) in [4.78, 5) is 25.8. The number of nitrogens with one attached hydrogen (secondary N) is 2. The lowest BCUT2D eigenvalue weighted by atomic mass is 10.1. The maximum absolute atomic E-state index is 12.9. The van der Waals surface area contributed by atoms with Gasteiger partial charge in [-0.2, -0.15) is 5.10 Å². The molecule has 2 N–H and O–H groups in total. The Morgan fingerprint density at radius 2 is 1.80 bits per heavy atom. The molecule has 0 aliphatic heterocycles. The van der Waals surface area contributed by atoms with Crippen molar-refractivity contribution in [3.8, 4) is 0 Å². The Labute approximate surface area is 182 Å². The Balaban J connectivity index is 1.52. The van der Waals surface area contributed by atoms with E-state index in [0.717, 1.165) is 5.56 Å². The van der Waals surface area contributed by atoms with E-state index in [1.165, 1.54) is 11.3 Å². The van der Waals surface area contributed by atoms with Crippen LogP contribution in [-0.4, -0.2) is 21.6 Å². The summed E-state index contributed by atoms with van der Waals surface area (Å²) in [5, 5.41) is 12.1. The van der Waals surface area contributed by atoms with Crippen LogP contribution in [0.3, 0.4) is 0 Å². The number of hydrogen-bond acceptors (Lipinski definition) is 4. The van der Waals surface area contributed by atoms with Gasteiger partial charge in [0.2, 0.25) is 0 Å². The van der Waals surface area contributed by atoms with Gasteiger partial charge in [0.25, 0.3) is 11.8 Å². The first-order chi connectivity index (χ1) is 14.6. The minimum Gasteiger partial charge on any atom is -0.322 e. The number of anilines is 2. The van der Waals surface area contributed by atoms with Crippen molar-refractivity contribution >= 4 is 46.1 Å². The summed E-state index contributed by atoms with van der Waals surface area (Å²) in [5.41, 5.74) is 2.38. The highest BCUT2D eigenvalue weighted by Crippen LogP contribution is 2.25. The van der Waals surface area contributed by atoms with Crippen molar-refractivity contribution in [2.45, 2.75) is 6.54 Å². The lowest BCUT2D eigenvalue weighted by Gasteiger charge is -2.13. The van der Waals surface area contributed by atoms with Gasteiger partial charge in [-0.3, -0.25) is 14.3 Å². The minimum absolute atomic E-state index is 0.269. The average Bonchev–Trinajstić information content (AvgIpc) is 3.45. The topological polar surface area (TPSA) is 76.0 Å². The molecule has 4 rings (SSSR count). The number of para-hydroxylation sites is 1. The summed E-state index contributed by atoms with van der Waals surface area (Å²) >= 11 is 7.55. The zero-order valence-corrected chi connectivity index (χ0v) is 17.3. The molecule has 0 bridgehead atoms. The van der Waals surface area contributed by atoms with Crippen molar-refractivity contribution < 1.29 is 9.59 Å². The fourth-order valence-corrected chi connectivity index (χ4v) is 3.68. The van der Waals surface area contributed by atoms with Crippen molar-refractivity contribution in [2.75, 3.05) is 10.6 Å². The van der Waals surface area contributed by atoms with Gasteiger partial charge in [-0.25, -0.2) is 0 Å². The van der Waals surface area contributed by atoms with Crippen molar-refractivity contribution in [3.63, 3.8) is 0 Å². The fourth-order valence-electron chi connectivity index (χ4n) is 2.90. The number of nitrogens with zero attached hydrogens (tertiary/aromatic N) is 2. The van der Waals surface area contributed by atoms with Crippen LogP contribution in [0.25, 0.3) is 0 Å². The zero-order valence-electron chi connectivity index (χ0n) is 15.7. The van der Waals surface area contributed by atoms with E-state index in [1.807, 2.05) is 41.9 Å². The van der Waals surface area contributed by atoms with E-state index in [9.17, 15) is 9.59 Å². The molecular weight excluding hydrogens is 420 g/mol. The third-order valence-electron chi connectivity index (χ3n) is 4.38. The molecule has 150 valence electrons. The number of rotatable bonds is 6. The van der Waals surface area contributed by atoms with Crippen molar-refractivity contribution in [1.29, 1.82) is 0 Å². The molecule has 0 spiro atoms. The first kappa shape index (κ1) is 19.9. The molecular formula is C22H17ClN4O2S. The third kappa shape index (κ3) is 4.59. The van der Waals surface area contributed by atoms with E-state index in [4.69, 9.17) is 11.6 Å². The van der Waals surface area contributed by atoms with E-state index in [-0.39, 0.29) is 11.8 Å². The Hall–Kier alpha value is -3.42. The summed E-state index contributed by atoms with van der Waals surface area (Å²) in [6.07, 6.45) is 3.57. The average molecular weight is 437 g/mol. The lowest BCUT2D eigenvalue weighted by molar-refractivity contribution is 0.101. The number of amides is 2. The molecule has 2 aromatic carbocycles. The normalized spacial score (nSPS) is 10.6. The first-order valence-corrected chi connectivity index (χ1v) is 10.4. The maximum atomic E-state index is 12.9. The second kappa shape index (κ2) is 8.94. The molecule has 0 aliphatic carbocycles. The number of carbonyl (C=O) groups excluding carboxylic acids is 2. The van der Waals surface area contributed by atoms with Gasteiger partial charge in [-0.05, 0) is 47.3 Å². The summed E-state index contributed by atoms with van der Waals surface area (Å²) in [7, 11) is 0. The second-order valence-corrected chi connectivity index (χ2v) is 7.80. The van der Waals surface area contributed by atoms with E-state index >= 15 is 0 Å². The van der Waals surface area contributed by atoms with E-state index in [1.54, 1.807) is 41.2 Å². The molecule has 0 saturated carbocycles. The van der Waals surface area contributed by atoms with Crippen molar-refractivity contribution in [3.05, 3.63) is 99.5 Å². The molecule has 0 fully saturated rings. The first-order valence-electron chi connectivity index (χ1n) is 9.11. The van der Waals surface area contributed by atoms with Gasteiger partial charge < -0.3 is 10.6 Å². The van der Waals surface area contributed by atoms with Crippen LogP contribution >= 0.6 is 22.9 Å². The molecule has 0 atom stereocenters. The number of hydrogen-bond donors (Lipinski definition) is 2. The van der Waals surface area contributed by atoms with Gasteiger partial charge in [0.05, 0.1) is 22.1 Å². The van der Waals surface area contributed by atoms with Crippen LogP contribution in [0.5, 0.6) is 0 Å². The van der Waals surface area contributed by atoms with Crippen LogP contribution in [0.15, 0.2) is 78.4 Å². The van der Waals surface area contributed by atoms with Gasteiger partial charge in [0, 0.05) is 23.6 Å². The fraction of sp³-hybridized carbons (Fsp3) is 0.0455. The lowest BCUT2D eigenvalue weighted by Crippen LogP contribution is -2.16. The van der Waals surface area contributed by atoms with E-state index in [2.05, 4.69) is 15.7 Å². The van der Waals surface area contributed by atoms with E-state index in [0.29, 0.717) is 33.4 Å². The minimum atomic E-state index is -0.300. The zero-order chi connectivity index (χ0) is 20.9. The number of halogens is 1. The highest BCUT2D eigenvalue weighted by Gasteiger charge is 2.14. The van der Waals surface area contributed by atoms with Crippen molar-refractivity contribution in [2.24, 2.45) is 0 Å². The number of benzene rings is 2. The van der Waals surface area contributed by atoms with Gasteiger partial charge >= 0.3 is 0 Å². The summed E-state index contributed by atoms with van der Waals surface area (Å²) < 4.78 is 1.78. The summed E-state index contributed by atoms with van der Waals surface area (Å²) in [6, 6.07) is 17.7. The highest BCUT2D eigenvalue weighted by molar-refractivity contribution is 7.12. The molecule has 0 saturated heterocycles. The quantitative estimate of drug-likeness (QED) is 0.438. The van der Waals surface area contributed by atoms with Crippen LogP contribution in [0.1, 0.15) is 25.6 Å². The third-order valence-corrected chi connectivity index (χ3v) is 5.58. The standard InChI is InChI=1S/C22H17ClN4O2S/c23-17-9-8-15(13-19(17)26-22(29)20-7-3-12-30-20)21(28)25-18-6-2-1-5-16(18)14-27-11-4-10-24-27/h1-13H,14H2,(H,25,28)(H,26,29). The Kier molecular flexibility index (Phi) is 5.92. The Morgan fingerprint density at radius 1 is 0.967 bits per heavy atom. The molecule has 4 aromatic rings. The van der Waals surface area contributed by atoms with Crippen LogP contribution in [0.2, 0.25) is 5.02 Å². The SMILES string of the molecule is O=C(Nc1ccccc1Cn1cccn1)c1ccc(Cl)c(NC(=O)c2cccs2)c1. The Bertz CT molecular complexity index is 1170.